The fraction of sp³-hybridized carbons (Fsp3) is 0.786. The Morgan fingerprint density at radius 2 is 2.06 bits per heavy atom. The van der Waals surface area contributed by atoms with E-state index >= 15 is 0 Å². The molecule has 1 N–H and O–H groups in total. The van der Waals surface area contributed by atoms with Gasteiger partial charge in [-0.05, 0) is 33.7 Å². The first-order chi connectivity index (χ1) is 8.47. The first-order valence-corrected chi connectivity index (χ1v) is 6.84. The van der Waals surface area contributed by atoms with Crippen LogP contribution in [0.1, 0.15) is 46.1 Å². The molecule has 0 saturated carbocycles. The Labute approximate surface area is 111 Å². The van der Waals surface area contributed by atoms with E-state index in [0.29, 0.717) is 0 Å². The van der Waals surface area contributed by atoms with Gasteiger partial charge < -0.3 is 5.11 Å². The number of unbranched alkanes of at least 4 members (excludes halogenated alkanes) is 1. The standard InChI is InChI=1S/C14H27N3O/c1-5-6-7-16(8-9-18)11-13-10-15-17(12-13)14(2,3)4/h10,12,18H,5-9,11H2,1-4H3. The molecular formula is C14H27N3O. The Morgan fingerprint density at radius 1 is 1.33 bits per heavy atom. The largest absolute Gasteiger partial charge is 0.395 e. The van der Waals surface area contributed by atoms with Crippen LogP contribution in [0.25, 0.3) is 0 Å². The van der Waals surface area contributed by atoms with E-state index in [2.05, 4.69) is 43.9 Å². The Morgan fingerprint density at radius 3 is 2.56 bits per heavy atom. The van der Waals surface area contributed by atoms with Crippen LogP contribution in [0.5, 0.6) is 0 Å². The van der Waals surface area contributed by atoms with E-state index in [4.69, 9.17) is 5.11 Å². The Hall–Kier alpha value is -0.870. The van der Waals surface area contributed by atoms with Gasteiger partial charge in [-0.3, -0.25) is 9.58 Å². The molecule has 0 aromatic carbocycles. The average Bonchev–Trinajstić information content (AvgIpc) is 2.74. The maximum Gasteiger partial charge on any atom is 0.0558 e. The predicted octanol–water partition coefficient (Wildman–Crippen LogP) is 2.23. The molecule has 0 spiro atoms. The Balaban J connectivity index is 2.60. The van der Waals surface area contributed by atoms with Crippen molar-refractivity contribution in [3.8, 4) is 0 Å². The summed E-state index contributed by atoms with van der Waals surface area (Å²) in [5, 5.41) is 13.5. The molecule has 0 fully saturated rings. The summed E-state index contributed by atoms with van der Waals surface area (Å²) < 4.78 is 2.00. The maximum atomic E-state index is 9.09. The van der Waals surface area contributed by atoms with Crippen LogP contribution in [0.2, 0.25) is 0 Å². The second-order valence-electron chi connectivity index (χ2n) is 5.82. The van der Waals surface area contributed by atoms with E-state index in [1.165, 1.54) is 18.4 Å². The van der Waals surface area contributed by atoms with Gasteiger partial charge in [0.25, 0.3) is 0 Å². The molecule has 0 saturated heterocycles. The van der Waals surface area contributed by atoms with Crippen molar-refractivity contribution in [1.29, 1.82) is 0 Å². The van der Waals surface area contributed by atoms with Crippen molar-refractivity contribution in [3.05, 3.63) is 18.0 Å². The second-order valence-corrected chi connectivity index (χ2v) is 5.82. The minimum Gasteiger partial charge on any atom is -0.395 e. The molecule has 0 aliphatic rings. The number of aliphatic hydroxyl groups excluding tert-OH is 1. The number of aliphatic hydroxyl groups is 1. The van der Waals surface area contributed by atoms with Crippen LogP contribution >= 0.6 is 0 Å². The number of hydrogen-bond donors (Lipinski definition) is 1. The molecule has 0 aliphatic heterocycles. The van der Waals surface area contributed by atoms with Crippen molar-refractivity contribution in [2.75, 3.05) is 19.7 Å². The van der Waals surface area contributed by atoms with Gasteiger partial charge in [0.2, 0.25) is 0 Å². The van der Waals surface area contributed by atoms with Crippen LogP contribution in [-0.2, 0) is 12.1 Å². The van der Waals surface area contributed by atoms with Gasteiger partial charge in [-0.15, -0.1) is 0 Å². The molecule has 0 bridgehead atoms. The van der Waals surface area contributed by atoms with Gasteiger partial charge in [-0.1, -0.05) is 13.3 Å². The SMILES string of the molecule is CCCCN(CCO)Cc1cnn(C(C)(C)C)c1. The van der Waals surface area contributed by atoms with Crippen LogP contribution in [-0.4, -0.2) is 39.5 Å². The highest BCUT2D eigenvalue weighted by atomic mass is 16.3. The molecule has 4 heteroatoms. The van der Waals surface area contributed by atoms with Crippen LogP contribution in [0.15, 0.2) is 12.4 Å². The first-order valence-electron chi connectivity index (χ1n) is 6.84. The third-order valence-electron chi connectivity index (χ3n) is 2.97. The lowest BCUT2D eigenvalue weighted by Crippen LogP contribution is -2.27. The van der Waals surface area contributed by atoms with Gasteiger partial charge >= 0.3 is 0 Å². The van der Waals surface area contributed by atoms with Crippen molar-refractivity contribution >= 4 is 0 Å². The summed E-state index contributed by atoms with van der Waals surface area (Å²) in [6, 6.07) is 0. The van der Waals surface area contributed by atoms with Gasteiger partial charge in [0.15, 0.2) is 0 Å². The van der Waals surface area contributed by atoms with E-state index in [1.54, 1.807) is 0 Å². The molecule has 1 aromatic rings. The summed E-state index contributed by atoms with van der Waals surface area (Å²) in [6.45, 7) is 11.5. The molecular weight excluding hydrogens is 226 g/mol. The summed E-state index contributed by atoms with van der Waals surface area (Å²) in [4.78, 5) is 2.29. The van der Waals surface area contributed by atoms with Crippen LogP contribution < -0.4 is 0 Å². The van der Waals surface area contributed by atoms with Gasteiger partial charge in [0, 0.05) is 24.8 Å². The van der Waals surface area contributed by atoms with Gasteiger partial charge in [-0.25, -0.2) is 0 Å². The van der Waals surface area contributed by atoms with Crippen LogP contribution in [0.4, 0.5) is 0 Å². The molecule has 0 aliphatic carbocycles. The molecule has 1 rings (SSSR count). The summed E-state index contributed by atoms with van der Waals surface area (Å²) >= 11 is 0. The zero-order valence-corrected chi connectivity index (χ0v) is 12.2. The van der Waals surface area contributed by atoms with Gasteiger partial charge in [0.1, 0.15) is 0 Å². The molecule has 1 heterocycles. The van der Waals surface area contributed by atoms with Gasteiger partial charge in [-0.2, -0.15) is 5.10 Å². The zero-order valence-electron chi connectivity index (χ0n) is 12.2. The lowest BCUT2D eigenvalue weighted by atomic mass is 10.1. The number of hydrogen-bond acceptors (Lipinski definition) is 3. The first kappa shape index (κ1) is 15.2. The monoisotopic (exact) mass is 253 g/mol. The summed E-state index contributed by atoms with van der Waals surface area (Å²) in [5.41, 5.74) is 1.25. The molecule has 104 valence electrons. The smallest absolute Gasteiger partial charge is 0.0558 e. The maximum absolute atomic E-state index is 9.09. The van der Waals surface area contributed by atoms with Gasteiger partial charge in [0.05, 0.1) is 18.3 Å². The molecule has 0 atom stereocenters. The van der Waals surface area contributed by atoms with Crippen molar-refractivity contribution in [3.63, 3.8) is 0 Å². The quantitative estimate of drug-likeness (QED) is 0.810. The number of nitrogens with zero attached hydrogens (tertiary/aromatic N) is 3. The Kier molecular flexibility index (Phi) is 5.82. The highest BCUT2D eigenvalue weighted by Gasteiger charge is 2.14. The van der Waals surface area contributed by atoms with Crippen LogP contribution in [0.3, 0.4) is 0 Å². The molecule has 0 unspecified atom stereocenters. The van der Waals surface area contributed by atoms with E-state index in [0.717, 1.165) is 19.6 Å². The highest BCUT2D eigenvalue weighted by Crippen LogP contribution is 2.14. The average molecular weight is 253 g/mol. The predicted molar refractivity (Wildman–Crippen MR) is 74.5 cm³/mol. The summed E-state index contributed by atoms with van der Waals surface area (Å²) in [7, 11) is 0. The second kappa shape index (κ2) is 6.90. The van der Waals surface area contributed by atoms with Crippen molar-refractivity contribution < 1.29 is 5.11 Å². The van der Waals surface area contributed by atoms with E-state index in [9.17, 15) is 0 Å². The minimum atomic E-state index is 0.0312. The summed E-state index contributed by atoms with van der Waals surface area (Å²) in [6.07, 6.45) is 6.40. The van der Waals surface area contributed by atoms with E-state index in [1.807, 2.05) is 10.9 Å². The molecule has 4 nitrogen and oxygen atoms in total. The zero-order chi connectivity index (χ0) is 13.6. The van der Waals surface area contributed by atoms with Crippen molar-refractivity contribution in [2.24, 2.45) is 0 Å². The topological polar surface area (TPSA) is 41.3 Å². The normalized spacial score (nSPS) is 12.3. The van der Waals surface area contributed by atoms with E-state index < -0.39 is 0 Å². The third-order valence-corrected chi connectivity index (χ3v) is 2.97. The fourth-order valence-corrected chi connectivity index (χ4v) is 1.86. The molecule has 18 heavy (non-hydrogen) atoms. The Bertz CT molecular complexity index is 341. The number of rotatable bonds is 7. The fourth-order valence-electron chi connectivity index (χ4n) is 1.86. The molecule has 1 aromatic heterocycles. The number of aromatic nitrogens is 2. The minimum absolute atomic E-state index is 0.0312. The van der Waals surface area contributed by atoms with Crippen molar-refractivity contribution in [1.82, 2.24) is 14.7 Å². The molecule has 0 radical (unpaired) electrons. The summed E-state index contributed by atoms with van der Waals surface area (Å²) in [5.74, 6) is 0. The lowest BCUT2D eigenvalue weighted by Gasteiger charge is -2.21. The van der Waals surface area contributed by atoms with Crippen LogP contribution in [0, 0.1) is 0 Å². The highest BCUT2D eigenvalue weighted by molar-refractivity contribution is 5.05. The third kappa shape index (κ3) is 4.78. The molecule has 0 amide bonds. The lowest BCUT2D eigenvalue weighted by molar-refractivity contribution is 0.188. The van der Waals surface area contributed by atoms with Crippen molar-refractivity contribution in [2.45, 2.75) is 52.6 Å². The van der Waals surface area contributed by atoms with E-state index in [-0.39, 0.29) is 12.1 Å².